The molecule has 0 amide bonds. The predicted octanol–water partition coefficient (Wildman–Crippen LogP) is 2.52. The first-order valence-corrected chi connectivity index (χ1v) is 5.75. The number of halogens is 2. The van der Waals surface area contributed by atoms with Crippen LogP contribution < -0.4 is 11.5 Å². The summed E-state index contributed by atoms with van der Waals surface area (Å²) in [6, 6.07) is 4.75. The van der Waals surface area contributed by atoms with Gasteiger partial charge in [0.05, 0.1) is 9.40 Å². The van der Waals surface area contributed by atoms with Gasteiger partial charge in [-0.3, -0.25) is 10.1 Å². The molecule has 0 radical (unpaired) electrons. The minimum absolute atomic E-state index is 0. The molecule has 7 heteroatoms. The van der Waals surface area contributed by atoms with Crippen LogP contribution >= 0.6 is 28.3 Å². The summed E-state index contributed by atoms with van der Waals surface area (Å²) in [6.45, 7) is 0.576. The first-order chi connectivity index (χ1) is 7.56. The van der Waals surface area contributed by atoms with Crippen LogP contribution in [0.3, 0.4) is 0 Å². The van der Waals surface area contributed by atoms with Crippen molar-refractivity contribution in [2.75, 3.05) is 6.54 Å². The number of hydrogen-bond donors (Lipinski definition) is 2. The van der Waals surface area contributed by atoms with Crippen LogP contribution in [0.4, 0.5) is 5.69 Å². The maximum atomic E-state index is 10.7. The van der Waals surface area contributed by atoms with Crippen molar-refractivity contribution in [2.24, 2.45) is 11.5 Å². The van der Waals surface area contributed by atoms with Crippen LogP contribution in [0.5, 0.6) is 0 Å². The monoisotopic (exact) mass is 323 g/mol. The molecule has 96 valence electrons. The van der Waals surface area contributed by atoms with Crippen LogP contribution in [-0.2, 0) is 0 Å². The van der Waals surface area contributed by atoms with Crippen LogP contribution in [0.15, 0.2) is 22.7 Å². The molecule has 0 aliphatic heterocycles. The quantitative estimate of drug-likeness (QED) is 0.642. The van der Waals surface area contributed by atoms with Crippen LogP contribution in [0.25, 0.3) is 0 Å². The maximum absolute atomic E-state index is 10.7. The Morgan fingerprint density at radius 3 is 2.65 bits per heavy atom. The van der Waals surface area contributed by atoms with Gasteiger partial charge in [-0.25, -0.2) is 0 Å². The first-order valence-electron chi connectivity index (χ1n) is 4.95. The topological polar surface area (TPSA) is 95.2 Å². The molecule has 1 atom stereocenters. The zero-order valence-corrected chi connectivity index (χ0v) is 11.5. The van der Waals surface area contributed by atoms with E-state index < -0.39 is 4.92 Å². The number of rotatable bonds is 5. The molecular weight excluding hydrogens is 309 g/mol. The average molecular weight is 325 g/mol. The average Bonchev–Trinajstić information content (AvgIpc) is 2.26. The van der Waals surface area contributed by atoms with Crippen LogP contribution in [-0.4, -0.2) is 11.5 Å². The fourth-order valence-electron chi connectivity index (χ4n) is 1.40. The van der Waals surface area contributed by atoms with E-state index in [-0.39, 0.29) is 24.1 Å². The molecule has 17 heavy (non-hydrogen) atoms. The standard InChI is InChI=1S/C10H14BrN3O2.ClH/c11-8-4-3-7(6-10(8)14(15)16)9(13)2-1-5-12;/h3-4,6,9H,1-2,5,12-13H2;1H/t9-;/m0./s1. The van der Waals surface area contributed by atoms with E-state index in [0.29, 0.717) is 11.0 Å². The Hall–Kier alpha value is -0.690. The molecule has 5 nitrogen and oxygen atoms in total. The Morgan fingerprint density at radius 2 is 2.12 bits per heavy atom. The van der Waals surface area contributed by atoms with E-state index in [1.54, 1.807) is 12.1 Å². The third kappa shape index (κ3) is 4.59. The second-order valence-electron chi connectivity index (χ2n) is 3.51. The second-order valence-corrected chi connectivity index (χ2v) is 4.36. The molecule has 0 unspecified atom stereocenters. The lowest BCUT2D eigenvalue weighted by Gasteiger charge is -2.11. The van der Waals surface area contributed by atoms with Crippen molar-refractivity contribution < 1.29 is 4.92 Å². The third-order valence-electron chi connectivity index (χ3n) is 2.31. The molecule has 0 heterocycles. The van der Waals surface area contributed by atoms with Gasteiger partial charge in [0.25, 0.3) is 5.69 Å². The fraction of sp³-hybridized carbons (Fsp3) is 0.400. The van der Waals surface area contributed by atoms with Crippen molar-refractivity contribution >= 4 is 34.0 Å². The lowest BCUT2D eigenvalue weighted by atomic mass is 10.0. The van der Waals surface area contributed by atoms with E-state index in [1.807, 2.05) is 0 Å². The molecule has 0 bridgehead atoms. The van der Waals surface area contributed by atoms with Gasteiger partial charge < -0.3 is 11.5 Å². The van der Waals surface area contributed by atoms with E-state index in [4.69, 9.17) is 11.5 Å². The Labute approximate surface area is 114 Å². The van der Waals surface area contributed by atoms with E-state index in [1.165, 1.54) is 6.07 Å². The van der Waals surface area contributed by atoms with Crippen molar-refractivity contribution in [3.8, 4) is 0 Å². The molecule has 0 spiro atoms. The third-order valence-corrected chi connectivity index (χ3v) is 2.98. The van der Waals surface area contributed by atoms with Gasteiger partial charge >= 0.3 is 0 Å². The number of nitrogens with zero attached hydrogens (tertiary/aromatic N) is 1. The molecule has 4 N–H and O–H groups in total. The maximum Gasteiger partial charge on any atom is 0.283 e. The second kappa shape index (κ2) is 7.60. The molecular formula is C10H15BrClN3O2. The Bertz CT molecular complexity index is 390. The van der Waals surface area contributed by atoms with Crippen molar-refractivity contribution in [1.29, 1.82) is 0 Å². The van der Waals surface area contributed by atoms with Gasteiger partial charge in [0.2, 0.25) is 0 Å². The minimum Gasteiger partial charge on any atom is -0.330 e. The zero-order valence-electron chi connectivity index (χ0n) is 9.14. The molecule has 0 aliphatic carbocycles. The molecule has 1 aromatic rings. The van der Waals surface area contributed by atoms with Crippen molar-refractivity contribution in [1.82, 2.24) is 0 Å². The minimum atomic E-state index is -0.427. The number of nitro groups is 1. The highest BCUT2D eigenvalue weighted by atomic mass is 79.9. The Kier molecular flexibility index (Phi) is 7.29. The predicted molar refractivity (Wildman–Crippen MR) is 73.3 cm³/mol. The van der Waals surface area contributed by atoms with Crippen molar-refractivity contribution in [2.45, 2.75) is 18.9 Å². The molecule has 0 aromatic heterocycles. The van der Waals surface area contributed by atoms with Gasteiger partial charge in [-0.1, -0.05) is 6.07 Å². The van der Waals surface area contributed by atoms with Gasteiger partial charge in [-0.15, -0.1) is 12.4 Å². The highest BCUT2D eigenvalue weighted by Gasteiger charge is 2.15. The van der Waals surface area contributed by atoms with Crippen LogP contribution in [0.1, 0.15) is 24.4 Å². The van der Waals surface area contributed by atoms with E-state index >= 15 is 0 Å². The van der Waals surface area contributed by atoms with Crippen LogP contribution in [0, 0.1) is 10.1 Å². The lowest BCUT2D eigenvalue weighted by Crippen LogP contribution is -2.12. The first kappa shape index (κ1) is 16.3. The zero-order chi connectivity index (χ0) is 12.1. The summed E-state index contributed by atoms with van der Waals surface area (Å²) in [5.41, 5.74) is 12.1. The van der Waals surface area contributed by atoms with E-state index in [0.717, 1.165) is 18.4 Å². The van der Waals surface area contributed by atoms with Gasteiger partial charge in [-0.05, 0) is 46.9 Å². The smallest absolute Gasteiger partial charge is 0.283 e. The largest absolute Gasteiger partial charge is 0.330 e. The number of nitro benzene ring substituents is 1. The molecule has 1 rings (SSSR count). The molecule has 0 saturated carbocycles. The van der Waals surface area contributed by atoms with Crippen molar-refractivity contribution in [3.05, 3.63) is 38.3 Å². The number of benzene rings is 1. The molecule has 1 aromatic carbocycles. The van der Waals surface area contributed by atoms with E-state index in [2.05, 4.69) is 15.9 Å². The molecule has 0 saturated heterocycles. The Balaban J connectivity index is 0.00000256. The van der Waals surface area contributed by atoms with Gasteiger partial charge in [0, 0.05) is 12.1 Å². The van der Waals surface area contributed by atoms with Crippen molar-refractivity contribution in [3.63, 3.8) is 0 Å². The Morgan fingerprint density at radius 1 is 1.47 bits per heavy atom. The summed E-state index contributed by atoms with van der Waals surface area (Å²) in [5, 5.41) is 10.7. The van der Waals surface area contributed by atoms with Gasteiger partial charge in [0.15, 0.2) is 0 Å². The summed E-state index contributed by atoms with van der Waals surface area (Å²) in [5.74, 6) is 0. The van der Waals surface area contributed by atoms with E-state index in [9.17, 15) is 10.1 Å². The number of nitrogens with two attached hydrogens (primary N) is 2. The SMILES string of the molecule is Cl.NCCC[C@H](N)c1ccc(Br)c([N+](=O)[O-])c1. The fourth-order valence-corrected chi connectivity index (χ4v) is 1.80. The van der Waals surface area contributed by atoms with Gasteiger partial charge in [-0.2, -0.15) is 0 Å². The summed E-state index contributed by atoms with van der Waals surface area (Å²) in [7, 11) is 0. The summed E-state index contributed by atoms with van der Waals surface area (Å²) in [6.07, 6.45) is 1.54. The lowest BCUT2D eigenvalue weighted by molar-refractivity contribution is -0.385. The summed E-state index contributed by atoms with van der Waals surface area (Å²) >= 11 is 3.13. The summed E-state index contributed by atoms with van der Waals surface area (Å²) in [4.78, 5) is 10.3. The van der Waals surface area contributed by atoms with Gasteiger partial charge in [0.1, 0.15) is 0 Å². The number of hydrogen-bond acceptors (Lipinski definition) is 4. The molecule has 0 aliphatic rings. The summed E-state index contributed by atoms with van der Waals surface area (Å²) < 4.78 is 0.465. The van der Waals surface area contributed by atoms with Crippen LogP contribution in [0.2, 0.25) is 0 Å². The molecule has 0 fully saturated rings. The highest BCUT2D eigenvalue weighted by molar-refractivity contribution is 9.10. The highest BCUT2D eigenvalue weighted by Crippen LogP contribution is 2.28. The normalized spacial score (nSPS) is 11.7.